The zero-order valence-corrected chi connectivity index (χ0v) is 20.5. The Kier molecular flexibility index (Phi) is 6.30. The molecule has 1 aromatic heterocycles. The summed E-state index contributed by atoms with van der Waals surface area (Å²) in [6, 6.07) is 6.32. The third kappa shape index (κ3) is 4.53. The van der Waals surface area contributed by atoms with E-state index in [4.69, 9.17) is 0 Å². The quantitative estimate of drug-likeness (QED) is 0.426. The van der Waals surface area contributed by atoms with Crippen LogP contribution in [-0.2, 0) is 17.9 Å². The SMILES string of the molecule is C[C@H]1[C@H](Nc2cnn(CC(=O)NCc3cccc([N+](=O)[O-])c3)c(=O)c2Br)C[C@H]2C[C@@H]1C2(C)C. The third-order valence-corrected chi connectivity index (χ3v) is 8.35. The van der Waals surface area contributed by atoms with Crippen molar-refractivity contribution in [3.63, 3.8) is 0 Å². The third-order valence-electron chi connectivity index (χ3n) is 7.58. The highest BCUT2D eigenvalue weighted by molar-refractivity contribution is 9.10. The van der Waals surface area contributed by atoms with Crippen LogP contribution in [0.3, 0.4) is 0 Å². The minimum absolute atomic E-state index is 0.0418. The maximum Gasteiger partial charge on any atom is 0.283 e. The molecular formula is C23H28BrN5O4. The monoisotopic (exact) mass is 517 g/mol. The Bertz CT molecular complexity index is 1150. The molecule has 3 aliphatic rings. The summed E-state index contributed by atoms with van der Waals surface area (Å²) in [7, 11) is 0. The lowest BCUT2D eigenvalue weighted by molar-refractivity contribution is -0.384. The summed E-state index contributed by atoms with van der Waals surface area (Å²) in [6.45, 7) is 6.84. The zero-order chi connectivity index (χ0) is 23.9. The number of rotatable bonds is 7. The van der Waals surface area contributed by atoms with Crippen molar-refractivity contribution >= 4 is 33.2 Å². The van der Waals surface area contributed by atoms with Gasteiger partial charge in [-0.3, -0.25) is 19.7 Å². The van der Waals surface area contributed by atoms with E-state index in [-0.39, 0.29) is 30.4 Å². The molecule has 2 bridgehead atoms. The van der Waals surface area contributed by atoms with Gasteiger partial charge in [0.2, 0.25) is 5.91 Å². The lowest BCUT2D eigenvalue weighted by Crippen LogP contribution is -2.58. The minimum atomic E-state index is -0.486. The van der Waals surface area contributed by atoms with Crippen LogP contribution in [0.1, 0.15) is 39.2 Å². The van der Waals surface area contributed by atoms with E-state index < -0.39 is 10.8 Å². The van der Waals surface area contributed by atoms with Gasteiger partial charge >= 0.3 is 0 Å². The second-order valence-electron chi connectivity index (χ2n) is 9.74. The Hall–Kier alpha value is -2.75. The first-order valence-electron chi connectivity index (χ1n) is 11.1. The molecule has 3 fully saturated rings. The number of benzene rings is 1. The molecule has 176 valence electrons. The highest BCUT2D eigenvalue weighted by atomic mass is 79.9. The van der Waals surface area contributed by atoms with Gasteiger partial charge < -0.3 is 10.6 Å². The molecule has 5 rings (SSSR count). The number of anilines is 1. The second kappa shape index (κ2) is 8.89. The average Bonchev–Trinajstić information content (AvgIpc) is 2.78. The Morgan fingerprint density at radius 2 is 2.12 bits per heavy atom. The fourth-order valence-electron chi connectivity index (χ4n) is 5.39. The summed E-state index contributed by atoms with van der Waals surface area (Å²) in [6.07, 6.45) is 3.93. The van der Waals surface area contributed by atoms with Gasteiger partial charge in [-0.1, -0.05) is 32.9 Å². The number of nitro groups is 1. The molecule has 1 amide bonds. The Labute approximate surface area is 200 Å². The second-order valence-corrected chi connectivity index (χ2v) is 10.5. The normalized spacial score (nSPS) is 25.1. The number of halogens is 1. The summed E-state index contributed by atoms with van der Waals surface area (Å²) >= 11 is 3.38. The van der Waals surface area contributed by atoms with Crippen LogP contribution in [0.2, 0.25) is 0 Å². The van der Waals surface area contributed by atoms with Crippen LogP contribution in [-0.4, -0.2) is 26.7 Å². The van der Waals surface area contributed by atoms with Crippen LogP contribution < -0.4 is 16.2 Å². The molecule has 1 aromatic carbocycles. The van der Waals surface area contributed by atoms with Crippen molar-refractivity contribution in [2.45, 2.75) is 52.7 Å². The van der Waals surface area contributed by atoms with Crippen LogP contribution in [0.15, 0.2) is 39.7 Å². The number of amides is 1. The first kappa shape index (κ1) is 23.4. The van der Waals surface area contributed by atoms with Crippen LogP contribution in [0, 0.1) is 33.3 Å². The average molecular weight is 518 g/mol. The number of carbonyl (C=O) groups is 1. The highest BCUT2D eigenvalue weighted by Gasteiger charge is 2.56. The summed E-state index contributed by atoms with van der Waals surface area (Å²) in [4.78, 5) is 35.5. The first-order valence-corrected chi connectivity index (χ1v) is 11.9. The highest BCUT2D eigenvalue weighted by Crippen LogP contribution is 2.61. The van der Waals surface area contributed by atoms with Gasteiger partial charge in [0.1, 0.15) is 11.0 Å². The zero-order valence-electron chi connectivity index (χ0n) is 18.9. The number of hydrogen-bond donors (Lipinski definition) is 2. The smallest absolute Gasteiger partial charge is 0.283 e. The minimum Gasteiger partial charge on any atom is -0.380 e. The number of nitrogens with one attached hydrogen (secondary N) is 2. The van der Waals surface area contributed by atoms with E-state index in [1.165, 1.54) is 18.6 Å². The molecule has 3 saturated carbocycles. The van der Waals surface area contributed by atoms with Gasteiger partial charge in [-0.15, -0.1) is 0 Å². The molecule has 3 aliphatic carbocycles. The van der Waals surface area contributed by atoms with E-state index in [1.807, 2.05) is 0 Å². The van der Waals surface area contributed by atoms with E-state index in [9.17, 15) is 19.7 Å². The number of aromatic nitrogens is 2. The van der Waals surface area contributed by atoms with Gasteiger partial charge in [0.15, 0.2) is 0 Å². The van der Waals surface area contributed by atoms with Gasteiger partial charge in [-0.2, -0.15) is 5.10 Å². The van der Waals surface area contributed by atoms with Crippen LogP contribution >= 0.6 is 15.9 Å². The van der Waals surface area contributed by atoms with Crippen molar-refractivity contribution in [1.29, 1.82) is 0 Å². The molecule has 2 aromatic rings. The van der Waals surface area contributed by atoms with Gasteiger partial charge in [0.05, 0.1) is 16.8 Å². The molecule has 10 heteroatoms. The number of fused-ring (bicyclic) bond motifs is 2. The number of non-ortho nitro benzene ring substituents is 1. The fourth-order valence-corrected chi connectivity index (χ4v) is 5.81. The van der Waals surface area contributed by atoms with Crippen LogP contribution in [0.4, 0.5) is 11.4 Å². The molecule has 9 nitrogen and oxygen atoms in total. The summed E-state index contributed by atoms with van der Waals surface area (Å²) in [5, 5.41) is 21.2. The van der Waals surface area contributed by atoms with Crippen molar-refractivity contribution in [3.05, 3.63) is 61.0 Å². The summed E-state index contributed by atoms with van der Waals surface area (Å²) < 4.78 is 1.46. The van der Waals surface area contributed by atoms with E-state index in [2.05, 4.69) is 52.4 Å². The van der Waals surface area contributed by atoms with Crippen molar-refractivity contribution in [3.8, 4) is 0 Å². The lowest BCUT2D eigenvalue weighted by Gasteiger charge is -2.62. The Balaban J connectivity index is 1.37. The van der Waals surface area contributed by atoms with Crippen molar-refractivity contribution in [2.75, 3.05) is 5.32 Å². The van der Waals surface area contributed by atoms with Gasteiger partial charge in [-0.25, -0.2) is 4.68 Å². The summed E-state index contributed by atoms with van der Waals surface area (Å²) in [5.74, 6) is 1.46. The van der Waals surface area contributed by atoms with Gasteiger partial charge in [0.25, 0.3) is 11.2 Å². The van der Waals surface area contributed by atoms with E-state index in [1.54, 1.807) is 18.3 Å². The molecule has 0 unspecified atom stereocenters. The molecule has 0 radical (unpaired) electrons. The lowest BCUT2D eigenvalue weighted by atomic mass is 9.45. The molecule has 2 N–H and O–H groups in total. The van der Waals surface area contributed by atoms with E-state index in [0.29, 0.717) is 38.9 Å². The maximum absolute atomic E-state index is 12.8. The Morgan fingerprint density at radius 1 is 1.36 bits per heavy atom. The Morgan fingerprint density at radius 3 is 2.79 bits per heavy atom. The van der Waals surface area contributed by atoms with Crippen molar-refractivity contribution in [1.82, 2.24) is 15.1 Å². The first-order chi connectivity index (χ1) is 15.6. The van der Waals surface area contributed by atoms with Crippen molar-refractivity contribution < 1.29 is 9.72 Å². The molecule has 1 heterocycles. The van der Waals surface area contributed by atoms with Gasteiger partial charge in [-0.05, 0) is 57.5 Å². The fraction of sp³-hybridized carbons (Fsp3) is 0.522. The van der Waals surface area contributed by atoms with Gasteiger partial charge in [0, 0.05) is 24.7 Å². The largest absolute Gasteiger partial charge is 0.380 e. The number of carbonyl (C=O) groups excluding carboxylic acids is 1. The topological polar surface area (TPSA) is 119 Å². The molecule has 33 heavy (non-hydrogen) atoms. The molecule has 0 aliphatic heterocycles. The van der Waals surface area contributed by atoms with E-state index >= 15 is 0 Å². The number of hydrogen-bond acceptors (Lipinski definition) is 6. The van der Waals surface area contributed by atoms with Crippen molar-refractivity contribution in [2.24, 2.45) is 23.2 Å². The predicted octanol–water partition coefficient (Wildman–Crippen LogP) is 3.71. The molecular weight excluding hydrogens is 490 g/mol. The number of nitro benzene ring substituents is 1. The summed E-state index contributed by atoms with van der Waals surface area (Å²) in [5.41, 5.74) is 1.19. The number of nitrogens with zero attached hydrogens (tertiary/aromatic N) is 3. The molecule has 4 atom stereocenters. The molecule has 0 saturated heterocycles. The van der Waals surface area contributed by atoms with Crippen LogP contribution in [0.5, 0.6) is 0 Å². The van der Waals surface area contributed by atoms with Crippen LogP contribution in [0.25, 0.3) is 0 Å². The molecule has 0 spiro atoms. The van der Waals surface area contributed by atoms with E-state index in [0.717, 1.165) is 11.1 Å². The standard InChI is InChI=1S/C23H28BrN5O4/c1-13-17-8-15(23(17,2)3)9-18(13)27-19-11-26-28(22(31)21(19)24)12-20(30)25-10-14-5-4-6-16(7-14)29(32)33/h4-7,11,13,15,17-18,27H,8-10,12H2,1-3H3,(H,25,30)/t13-,15-,17+,18-/m1/s1. The predicted molar refractivity (Wildman–Crippen MR) is 128 cm³/mol. The maximum atomic E-state index is 12.8.